The van der Waals surface area contributed by atoms with E-state index >= 15 is 0 Å². The molecule has 0 bridgehead atoms. The van der Waals surface area contributed by atoms with Crippen LogP contribution in [0.5, 0.6) is 0 Å². The number of carbonyl (C=O) groups is 1. The van der Waals surface area contributed by atoms with Gasteiger partial charge < -0.3 is 10.6 Å². The first kappa shape index (κ1) is 17.6. The van der Waals surface area contributed by atoms with Gasteiger partial charge in [-0.2, -0.15) is 10.1 Å². The van der Waals surface area contributed by atoms with Crippen LogP contribution in [0.4, 0.5) is 5.95 Å². The van der Waals surface area contributed by atoms with Gasteiger partial charge in [0.25, 0.3) is 5.91 Å². The van der Waals surface area contributed by atoms with Crippen LogP contribution in [0.25, 0.3) is 16.7 Å². The average Bonchev–Trinajstić information content (AvgIpc) is 2.98. The molecule has 0 radical (unpaired) electrons. The Balaban J connectivity index is 2.26. The van der Waals surface area contributed by atoms with Crippen molar-refractivity contribution >= 4 is 31.6 Å². The number of rotatable bonds is 2. The molecule has 0 aliphatic rings. The lowest BCUT2D eigenvalue weighted by atomic mass is 10.1. The molecule has 0 fully saturated rings. The number of nitrogens with zero attached hydrogens (tertiary/aromatic N) is 5. The van der Waals surface area contributed by atoms with E-state index in [1.54, 1.807) is 31.0 Å². The number of nitrogens with two attached hydrogens (primary N) is 1. The van der Waals surface area contributed by atoms with Gasteiger partial charge in [-0.1, -0.05) is 0 Å². The first-order valence-corrected chi connectivity index (χ1v) is 10.5. The zero-order valence-electron chi connectivity index (χ0n) is 15.1. The van der Waals surface area contributed by atoms with Crippen LogP contribution in [0, 0.1) is 11.5 Å². The maximum Gasteiger partial charge on any atom is 0.399 e. The van der Waals surface area contributed by atoms with Gasteiger partial charge in [-0.15, -0.1) is 0 Å². The highest BCUT2D eigenvalue weighted by molar-refractivity contribution is 6.64. The maximum absolute atomic E-state index is 12.5. The highest BCUT2D eigenvalue weighted by Crippen LogP contribution is 2.23. The molecular weight excluding hydrogens is 344 g/mol. The molecule has 130 valence electrons. The van der Waals surface area contributed by atoms with E-state index in [2.05, 4.69) is 39.6 Å². The number of benzene rings is 1. The third kappa shape index (κ3) is 3.43. The van der Waals surface area contributed by atoms with Gasteiger partial charge in [-0.3, -0.25) is 4.79 Å². The van der Waals surface area contributed by atoms with Gasteiger partial charge in [-0.25, -0.2) is 9.67 Å². The molecule has 2 aromatic heterocycles. The number of fused-ring (bicyclic) bond motifs is 1. The smallest absolute Gasteiger partial charge is 0.368 e. The molecule has 3 rings (SSSR count). The van der Waals surface area contributed by atoms with E-state index in [1.165, 1.54) is 4.90 Å². The van der Waals surface area contributed by atoms with Crippen LogP contribution >= 0.6 is 0 Å². The van der Waals surface area contributed by atoms with Crippen LogP contribution in [0.3, 0.4) is 0 Å². The quantitative estimate of drug-likeness (QED) is 0.553. The predicted molar refractivity (Wildman–Crippen MR) is 103 cm³/mol. The molecule has 0 saturated carbocycles. The molecule has 2 heterocycles. The Morgan fingerprint density at radius 2 is 2.04 bits per heavy atom. The lowest BCUT2D eigenvalue weighted by Crippen LogP contribution is -2.22. The second-order valence-corrected chi connectivity index (χ2v) is 8.46. The van der Waals surface area contributed by atoms with Crippen LogP contribution in [0.1, 0.15) is 16.1 Å². The van der Waals surface area contributed by atoms with E-state index in [-0.39, 0.29) is 11.9 Å². The summed E-state index contributed by atoms with van der Waals surface area (Å²) < 4.78 is 1.61. The summed E-state index contributed by atoms with van der Waals surface area (Å²) in [4.78, 5) is 22.2. The van der Waals surface area contributed by atoms with Gasteiger partial charge in [0.15, 0.2) is 11.5 Å². The molecule has 7 nitrogen and oxygen atoms in total. The number of nitrogen functional groups attached to an aromatic ring is 1. The van der Waals surface area contributed by atoms with Crippen molar-refractivity contribution in [1.82, 2.24) is 24.6 Å². The van der Waals surface area contributed by atoms with Crippen LogP contribution < -0.4 is 5.73 Å². The fourth-order valence-electron chi connectivity index (χ4n) is 2.42. The van der Waals surface area contributed by atoms with Crippen molar-refractivity contribution in [3.8, 4) is 17.3 Å². The van der Waals surface area contributed by atoms with Crippen molar-refractivity contribution in [3.63, 3.8) is 0 Å². The minimum Gasteiger partial charge on any atom is -0.368 e. The zero-order valence-corrected chi connectivity index (χ0v) is 16.1. The summed E-state index contributed by atoms with van der Waals surface area (Å²) in [6, 6.07) is 7.41. The first-order chi connectivity index (χ1) is 12.4. The lowest BCUT2D eigenvalue weighted by Gasteiger charge is -2.07. The SMILES string of the molecule is CN(C)C(=O)c1nn(-c2ccnc(N)n2)c2cc(C#C[Si+](C)C)ccc12. The second-order valence-electron chi connectivity index (χ2n) is 6.21. The molecular formula is C18H19N6OSi+. The summed E-state index contributed by atoms with van der Waals surface area (Å²) in [5.74, 6) is 3.66. The summed E-state index contributed by atoms with van der Waals surface area (Å²) in [6.45, 7) is 4.27. The number of hydrogen-bond donors (Lipinski definition) is 1. The minimum atomic E-state index is -0.653. The van der Waals surface area contributed by atoms with E-state index < -0.39 is 8.80 Å². The second kappa shape index (κ2) is 6.97. The van der Waals surface area contributed by atoms with Crippen molar-refractivity contribution < 1.29 is 4.79 Å². The van der Waals surface area contributed by atoms with Crippen molar-refractivity contribution in [2.45, 2.75) is 13.1 Å². The van der Waals surface area contributed by atoms with Gasteiger partial charge in [0.2, 0.25) is 5.95 Å². The Kier molecular flexibility index (Phi) is 4.73. The molecule has 2 N–H and O–H groups in total. The van der Waals surface area contributed by atoms with Gasteiger partial charge in [0, 0.05) is 37.3 Å². The minimum absolute atomic E-state index is 0.145. The number of aromatic nitrogens is 4. The Morgan fingerprint density at radius 1 is 1.27 bits per heavy atom. The van der Waals surface area contributed by atoms with Crippen LogP contribution in [-0.4, -0.2) is 53.4 Å². The molecule has 0 aliphatic carbocycles. The summed E-state index contributed by atoms with van der Waals surface area (Å²) in [5, 5.41) is 5.24. The molecule has 26 heavy (non-hydrogen) atoms. The molecule has 0 aliphatic heterocycles. The van der Waals surface area contributed by atoms with E-state index in [0.29, 0.717) is 11.5 Å². The van der Waals surface area contributed by atoms with Gasteiger partial charge in [-0.05, 0) is 24.1 Å². The Labute approximate surface area is 153 Å². The van der Waals surface area contributed by atoms with Crippen LogP contribution in [0.2, 0.25) is 13.1 Å². The molecule has 1 aromatic carbocycles. The van der Waals surface area contributed by atoms with E-state index in [0.717, 1.165) is 16.5 Å². The molecule has 0 spiro atoms. The number of amides is 1. The van der Waals surface area contributed by atoms with Gasteiger partial charge in [0.1, 0.15) is 0 Å². The highest BCUT2D eigenvalue weighted by atomic mass is 28.3. The fraction of sp³-hybridized carbons (Fsp3) is 0.222. The Hall–Kier alpha value is -3.18. The molecule has 8 heteroatoms. The molecule has 0 atom stereocenters. The summed E-state index contributed by atoms with van der Waals surface area (Å²) in [6.07, 6.45) is 1.56. The molecule has 3 aromatic rings. The topological polar surface area (TPSA) is 89.9 Å². The van der Waals surface area contributed by atoms with Crippen LogP contribution in [-0.2, 0) is 0 Å². The van der Waals surface area contributed by atoms with Crippen molar-refractivity contribution in [2.24, 2.45) is 0 Å². The van der Waals surface area contributed by atoms with Gasteiger partial charge >= 0.3 is 8.80 Å². The molecule has 1 amide bonds. The third-order valence-corrected chi connectivity index (χ3v) is 4.25. The Morgan fingerprint density at radius 3 is 2.69 bits per heavy atom. The third-order valence-electron chi connectivity index (χ3n) is 3.62. The van der Waals surface area contributed by atoms with E-state index in [9.17, 15) is 4.79 Å². The normalized spacial score (nSPS) is 10.3. The Bertz CT molecular complexity index is 1040. The largest absolute Gasteiger partial charge is 0.399 e. The summed E-state index contributed by atoms with van der Waals surface area (Å²) in [5.41, 5.74) is 10.9. The zero-order chi connectivity index (χ0) is 18.8. The number of hydrogen-bond acceptors (Lipinski definition) is 5. The van der Waals surface area contributed by atoms with Crippen molar-refractivity contribution in [3.05, 3.63) is 41.7 Å². The highest BCUT2D eigenvalue weighted by Gasteiger charge is 2.20. The first-order valence-electron chi connectivity index (χ1n) is 8.02. The van der Waals surface area contributed by atoms with Crippen LogP contribution in [0.15, 0.2) is 30.5 Å². The maximum atomic E-state index is 12.5. The standard InChI is InChI=1S/C18H19N6OSi/c1-23(2)17(25)16-13-6-5-12(8-10-26(3)4)11-14(13)24(22-16)15-7-9-20-18(19)21-15/h5-7,9,11H,1-4H3,(H2,19,20,21)/q+1. The van der Waals surface area contributed by atoms with Crippen molar-refractivity contribution in [1.29, 1.82) is 0 Å². The molecule has 0 saturated heterocycles. The predicted octanol–water partition coefficient (Wildman–Crippen LogP) is 1.74. The molecule has 0 unspecified atom stereocenters. The number of anilines is 1. The monoisotopic (exact) mass is 363 g/mol. The average molecular weight is 363 g/mol. The number of carbonyl (C=O) groups excluding carboxylic acids is 1. The van der Waals surface area contributed by atoms with Gasteiger partial charge in [0.05, 0.1) is 24.2 Å². The lowest BCUT2D eigenvalue weighted by molar-refractivity contribution is 0.0823. The van der Waals surface area contributed by atoms with Crippen molar-refractivity contribution in [2.75, 3.05) is 19.8 Å². The fourth-order valence-corrected chi connectivity index (χ4v) is 2.81. The van der Waals surface area contributed by atoms with E-state index in [1.807, 2.05) is 18.2 Å². The summed E-state index contributed by atoms with van der Waals surface area (Å²) in [7, 11) is 2.74. The van der Waals surface area contributed by atoms with E-state index in [4.69, 9.17) is 5.73 Å². The summed E-state index contributed by atoms with van der Waals surface area (Å²) >= 11 is 0.